The zero-order chi connectivity index (χ0) is 9.56. The number of hydrogen-bond donors (Lipinski definition) is 0. The van der Waals surface area contributed by atoms with Crippen molar-refractivity contribution in [3.8, 4) is 0 Å². The van der Waals surface area contributed by atoms with E-state index in [1.54, 1.807) is 0 Å². The van der Waals surface area contributed by atoms with Gasteiger partial charge in [0.15, 0.2) is 0 Å². The van der Waals surface area contributed by atoms with E-state index in [0.717, 1.165) is 14.2 Å². The molecule has 0 aliphatic rings. The van der Waals surface area contributed by atoms with E-state index in [-0.39, 0.29) is 51.8 Å². The van der Waals surface area contributed by atoms with Gasteiger partial charge in [-0.05, 0) is 0 Å². The molecule has 0 aromatic rings. The van der Waals surface area contributed by atoms with Gasteiger partial charge < -0.3 is 24.7 Å². The molecule has 0 aliphatic carbocycles. The van der Waals surface area contributed by atoms with Gasteiger partial charge in [0.1, 0.15) is 0 Å². The van der Waals surface area contributed by atoms with E-state index in [0.29, 0.717) is 0 Å². The molecule has 0 bridgehead atoms. The minimum absolute atomic E-state index is 0. The Kier molecular flexibility index (Phi) is 14.9. The van der Waals surface area contributed by atoms with Crippen LogP contribution in [0.25, 0.3) is 0 Å². The van der Waals surface area contributed by atoms with E-state index in [9.17, 15) is 14.4 Å². The van der Waals surface area contributed by atoms with Crippen LogP contribution in [0.1, 0.15) is 5.71 Å². The van der Waals surface area contributed by atoms with E-state index in [4.69, 9.17) is 0 Å². The molecule has 9 heteroatoms. The van der Waals surface area contributed by atoms with Gasteiger partial charge >= 0.3 is 64.6 Å². The van der Waals surface area contributed by atoms with Gasteiger partial charge in [0.05, 0.1) is 14.2 Å². The van der Waals surface area contributed by atoms with Crippen LogP contribution in [0.4, 0.5) is 14.4 Å². The molecule has 0 fully saturated rings. The first-order valence-corrected chi connectivity index (χ1v) is 2.65. The molecule has 0 unspecified atom stereocenters. The van der Waals surface area contributed by atoms with E-state index < -0.39 is 18.5 Å². The molecule has 0 spiro atoms. The summed E-state index contributed by atoms with van der Waals surface area (Å²) in [6, 6.07) is 0. The van der Waals surface area contributed by atoms with Gasteiger partial charge in [-0.25, -0.2) is 14.4 Å². The Morgan fingerprint density at radius 1 is 0.786 bits per heavy atom. The Bertz CT molecular complexity index is 198. The summed E-state index contributed by atoms with van der Waals surface area (Å²) >= 11 is 0. The standard InChI is InChI=1S/C5H6O7.2Mg.4H/c1-9-3(6)11-5(8)12-4(7)10-2;;;;;;/h1-2H3;;;;;;/q;2*+2;4*-1. The maximum atomic E-state index is 10.3. The van der Waals surface area contributed by atoms with Gasteiger partial charge in [0.25, 0.3) is 0 Å². The SMILES string of the molecule is COC(=O)OC(=O)OC(=O)OC.[H-].[H-].[H-].[H-].[Mg+2].[Mg+2]. The predicted octanol–water partition coefficient (Wildman–Crippen LogP) is 0.361. The Hall–Kier alpha value is -0.258. The second-order valence-corrected chi connectivity index (χ2v) is 1.36. The minimum Gasteiger partial charge on any atom is -1.00 e. The largest absolute Gasteiger partial charge is 2.00 e. The van der Waals surface area contributed by atoms with Crippen molar-refractivity contribution in [3.63, 3.8) is 0 Å². The van der Waals surface area contributed by atoms with Crippen molar-refractivity contribution in [1.29, 1.82) is 0 Å². The smallest absolute Gasteiger partial charge is 1.00 e. The number of carbonyl (C=O) groups excluding carboxylic acids is 3. The van der Waals surface area contributed by atoms with Crippen LogP contribution in [0.15, 0.2) is 0 Å². The monoisotopic (exact) mass is 230 g/mol. The third kappa shape index (κ3) is 9.83. The zero-order valence-corrected chi connectivity index (χ0v) is 10.6. The fraction of sp³-hybridized carbons (Fsp3) is 0.400. The third-order valence-corrected chi connectivity index (χ3v) is 0.667. The van der Waals surface area contributed by atoms with Crippen LogP contribution in [0, 0.1) is 0 Å². The molecule has 0 saturated heterocycles. The van der Waals surface area contributed by atoms with Gasteiger partial charge in [0, 0.05) is 0 Å². The maximum Gasteiger partial charge on any atom is 2.00 e. The van der Waals surface area contributed by atoms with Crippen molar-refractivity contribution >= 4 is 64.6 Å². The molecule has 0 amide bonds. The van der Waals surface area contributed by atoms with Crippen LogP contribution in [-0.2, 0) is 18.9 Å². The molecular formula is C5H10Mg2O7. The number of ether oxygens (including phenoxy) is 4. The Labute approximate surface area is 118 Å². The Balaban J connectivity index is -0.0000000403. The molecule has 0 atom stereocenters. The summed E-state index contributed by atoms with van der Waals surface area (Å²) in [7, 11) is 1.99. The molecule has 0 aromatic heterocycles. The molecule has 76 valence electrons. The van der Waals surface area contributed by atoms with Crippen LogP contribution in [0.5, 0.6) is 0 Å². The van der Waals surface area contributed by atoms with Crippen LogP contribution < -0.4 is 0 Å². The van der Waals surface area contributed by atoms with Gasteiger partial charge in [-0.1, -0.05) is 0 Å². The van der Waals surface area contributed by atoms with E-state index in [2.05, 4.69) is 18.9 Å². The first-order chi connectivity index (χ1) is 5.60. The quantitative estimate of drug-likeness (QED) is 0.337. The van der Waals surface area contributed by atoms with Crippen LogP contribution >= 0.6 is 0 Å². The van der Waals surface area contributed by atoms with Crippen molar-refractivity contribution in [2.75, 3.05) is 14.2 Å². The van der Waals surface area contributed by atoms with Crippen molar-refractivity contribution in [1.82, 2.24) is 0 Å². The van der Waals surface area contributed by atoms with Crippen LogP contribution in [-0.4, -0.2) is 78.8 Å². The molecule has 0 aliphatic heterocycles. The molecular weight excluding hydrogens is 221 g/mol. The Morgan fingerprint density at radius 3 is 1.29 bits per heavy atom. The van der Waals surface area contributed by atoms with Gasteiger partial charge in [0.2, 0.25) is 0 Å². The first kappa shape index (κ1) is 19.3. The summed E-state index contributed by atoms with van der Waals surface area (Å²) in [4.78, 5) is 30.7. The van der Waals surface area contributed by atoms with Gasteiger partial charge in [-0.3, -0.25) is 0 Å². The number of carbonyl (C=O) groups is 3. The summed E-state index contributed by atoms with van der Waals surface area (Å²) in [5.74, 6) is 0. The van der Waals surface area contributed by atoms with Crippen molar-refractivity contribution in [2.45, 2.75) is 0 Å². The van der Waals surface area contributed by atoms with Gasteiger partial charge in [-0.2, -0.15) is 0 Å². The summed E-state index contributed by atoms with van der Waals surface area (Å²) in [6.07, 6.45) is -4.05. The molecule has 14 heavy (non-hydrogen) atoms. The van der Waals surface area contributed by atoms with Crippen molar-refractivity contribution < 1.29 is 39.0 Å². The summed E-state index contributed by atoms with van der Waals surface area (Å²) in [5.41, 5.74) is 0. The summed E-state index contributed by atoms with van der Waals surface area (Å²) < 4.78 is 15.3. The molecule has 0 saturated carbocycles. The average molecular weight is 231 g/mol. The van der Waals surface area contributed by atoms with E-state index in [1.807, 2.05) is 0 Å². The average Bonchev–Trinajstić information content (AvgIpc) is 2.03. The molecule has 0 radical (unpaired) electrons. The minimum atomic E-state index is -1.51. The fourth-order valence-electron chi connectivity index (χ4n) is 0.240. The Morgan fingerprint density at radius 2 is 1.07 bits per heavy atom. The first-order valence-electron chi connectivity index (χ1n) is 2.65. The van der Waals surface area contributed by atoms with E-state index in [1.165, 1.54) is 0 Å². The number of methoxy groups -OCH3 is 2. The van der Waals surface area contributed by atoms with Crippen molar-refractivity contribution in [2.24, 2.45) is 0 Å². The predicted molar refractivity (Wildman–Crippen MR) is 48.3 cm³/mol. The van der Waals surface area contributed by atoms with Crippen LogP contribution in [0.2, 0.25) is 0 Å². The fourth-order valence-corrected chi connectivity index (χ4v) is 0.240. The molecule has 7 nitrogen and oxygen atoms in total. The molecule has 0 heterocycles. The van der Waals surface area contributed by atoms with Crippen LogP contribution in [0.3, 0.4) is 0 Å². The topological polar surface area (TPSA) is 88.1 Å². The van der Waals surface area contributed by atoms with Gasteiger partial charge in [-0.15, -0.1) is 0 Å². The van der Waals surface area contributed by atoms with Crippen molar-refractivity contribution in [3.05, 3.63) is 0 Å². The molecule has 0 rings (SSSR count). The molecule has 0 N–H and O–H groups in total. The zero-order valence-electron chi connectivity index (χ0n) is 11.8. The number of hydrogen-bond acceptors (Lipinski definition) is 7. The number of rotatable bonds is 0. The second-order valence-electron chi connectivity index (χ2n) is 1.36. The summed E-state index contributed by atoms with van der Waals surface area (Å²) in [6.45, 7) is 0. The summed E-state index contributed by atoms with van der Waals surface area (Å²) in [5, 5.41) is 0. The third-order valence-electron chi connectivity index (χ3n) is 0.667. The molecule has 0 aromatic carbocycles. The normalized spacial score (nSPS) is 7.00. The van der Waals surface area contributed by atoms with E-state index >= 15 is 0 Å². The maximum absolute atomic E-state index is 10.3. The second kappa shape index (κ2) is 10.8.